The second-order valence-corrected chi connectivity index (χ2v) is 11.8. The van der Waals surface area contributed by atoms with Gasteiger partial charge in [0.25, 0.3) is 0 Å². The number of piperazine rings is 1. The van der Waals surface area contributed by atoms with Gasteiger partial charge in [-0.25, -0.2) is 4.79 Å². The third kappa shape index (κ3) is 9.78. The molecule has 226 valence electrons. The van der Waals surface area contributed by atoms with Gasteiger partial charge in [0, 0.05) is 23.7 Å². The van der Waals surface area contributed by atoms with Crippen LogP contribution < -0.4 is 0 Å². The number of aliphatic hydroxyl groups is 2. The van der Waals surface area contributed by atoms with Crippen molar-refractivity contribution in [1.29, 1.82) is 0 Å². The summed E-state index contributed by atoms with van der Waals surface area (Å²) in [6, 6.07) is 5.77. The molecule has 0 aliphatic carbocycles. The summed E-state index contributed by atoms with van der Waals surface area (Å²) in [6.07, 6.45) is 7.66. The summed E-state index contributed by atoms with van der Waals surface area (Å²) in [5.74, 6) is -0.775. The quantitative estimate of drug-likeness (QED) is 0.179. The normalized spacial score (nSPS) is 31.5. The number of aromatic nitrogens is 1. The number of amides is 1. The average Bonchev–Trinajstić information content (AvgIpc) is 2.92. The van der Waals surface area contributed by atoms with Gasteiger partial charge in [-0.2, -0.15) is 0 Å². The van der Waals surface area contributed by atoms with Crippen LogP contribution in [0.5, 0.6) is 0 Å². The van der Waals surface area contributed by atoms with Crippen molar-refractivity contribution in [3.05, 3.63) is 71.3 Å². The number of hydrogen-bond acceptors (Lipinski definition) is 8. The zero-order valence-corrected chi connectivity index (χ0v) is 24.8. The topological polar surface area (TPSA) is 132 Å². The fourth-order valence-corrected chi connectivity index (χ4v) is 4.92. The van der Waals surface area contributed by atoms with Gasteiger partial charge in [0.2, 0.25) is 0 Å². The minimum absolute atomic E-state index is 0.0884. The zero-order chi connectivity index (χ0) is 30.2. The number of esters is 1. The Balaban J connectivity index is 1.81. The number of pyridine rings is 1. The number of nitrogens with zero attached hydrogens (tertiary/aromatic N) is 3. The molecule has 3 heterocycles. The Morgan fingerprint density at radius 3 is 2.68 bits per heavy atom. The number of hydroxylamine groups is 3. The van der Waals surface area contributed by atoms with Gasteiger partial charge in [-0.05, 0) is 50.5 Å². The van der Waals surface area contributed by atoms with Crippen LogP contribution >= 0.6 is 0 Å². The molecule has 1 saturated heterocycles. The van der Waals surface area contributed by atoms with Crippen LogP contribution in [0, 0.1) is 11.1 Å². The molecule has 2 N–H and O–H groups in total. The predicted molar refractivity (Wildman–Crippen MR) is 155 cm³/mol. The van der Waals surface area contributed by atoms with E-state index in [0.29, 0.717) is 0 Å². The van der Waals surface area contributed by atoms with E-state index in [2.05, 4.69) is 4.98 Å². The van der Waals surface area contributed by atoms with Crippen LogP contribution in [0.15, 0.2) is 60.3 Å². The molecule has 0 aromatic carbocycles. The summed E-state index contributed by atoms with van der Waals surface area (Å²) in [5.41, 5.74) is 0.231. The number of cyclic esters (lactones) is 1. The molecule has 1 fully saturated rings. The number of carbonyl (C=O) groups excluding carboxylic acids is 2. The number of rotatable bonds is 5. The molecule has 0 radical (unpaired) electrons. The molecule has 0 unspecified atom stereocenters. The summed E-state index contributed by atoms with van der Waals surface area (Å²) in [6.45, 7) is 8.40. The predicted octanol–water partition coefficient (Wildman–Crippen LogP) is 3.85. The van der Waals surface area contributed by atoms with Crippen LogP contribution in [-0.4, -0.2) is 93.9 Å². The van der Waals surface area contributed by atoms with Crippen LogP contribution in [0.2, 0.25) is 0 Å². The third-order valence-corrected chi connectivity index (χ3v) is 7.86. The fraction of sp³-hybridized carbons (Fsp3) is 0.581. The number of allylic oxidation sites excluding steroid dienone is 3. The second-order valence-electron chi connectivity index (χ2n) is 11.8. The van der Waals surface area contributed by atoms with Crippen molar-refractivity contribution in [2.45, 2.75) is 76.8 Å². The zero-order valence-electron chi connectivity index (χ0n) is 24.8. The van der Waals surface area contributed by atoms with E-state index in [1.54, 1.807) is 32.3 Å². The van der Waals surface area contributed by atoms with Crippen LogP contribution in [0.1, 0.15) is 58.6 Å². The van der Waals surface area contributed by atoms with E-state index in [-0.39, 0.29) is 57.3 Å². The first-order valence-electron chi connectivity index (χ1n) is 14.3. The van der Waals surface area contributed by atoms with Gasteiger partial charge in [-0.3, -0.25) is 14.7 Å². The molecule has 1 aromatic heterocycles. The standard InChI is InChI=1S/C31H45N3O7/c1-22(26-11-6-7-16-32-26)9-8-10-23(2)29-24(3)12-13-27(31(4,38)15-14-25(35)21-28(36)41-29)40-30(37)33-17-19-34(5,39)20-18-33/h6-13,16,22,24-25,27,29,35,38H,14-15,17-21H2,1-5H3/b9-8+,13-12+,23-10+/t22-,24-,25-,27-,29+,31-/m0/s1. The van der Waals surface area contributed by atoms with E-state index in [1.165, 1.54) is 4.90 Å². The molecular formula is C31H45N3O7. The van der Waals surface area contributed by atoms with Crippen molar-refractivity contribution in [3.8, 4) is 0 Å². The lowest BCUT2D eigenvalue weighted by atomic mass is 9.88. The minimum Gasteiger partial charge on any atom is -0.633 e. The first-order valence-corrected chi connectivity index (χ1v) is 14.3. The van der Waals surface area contributed by atoms with Crippen molar-refractivity contribution in [1.82, 2.24) is 9.88 Å². The molecule has 6 atom stereocenters. The van der Waals surface area contributed by atoms with Crippen molar-refractivity contribution >= 4 is 12.1 Å². The molecule has 1 aromatic rings. The summed E-state index contributed by atoms with van der Waals surface area (Å²) in [4.78, 5) is 31.6. The van der Waals surface area contributed by atoms with Crippen molar-refractivity contribution < 1.29 is 33.9 Å². The van der Waals surface area contributed by atoms with Crippen molar-refractivity contribution in [2.24, 2.45) is 5.92 Å². The van der Waals surface area contributed by atoms with E-state index in [4.69, 9.17) is 9.47 Å². The highest BCUT2D eigenvalue weighted by Gasteiger charge is 2.37. The van der Waals surface area contributed by atoms with Crippen LogP contribution in [-0.2, 0) is 14.3 Å². The van der Waals surface area contributed by atoms with E-state index in [9.17, 15) is 25.0 Å². The summed E-state index contributed by atoms with van der Waals surface area (Å²) >= 11 is 0. The van der Waals surface area contributed by atoms with Gasteiger partial charge in [-0.1, -0.05) is 44.2 Å². The second kappa shape index (κ2) is 14.2. The van der Waals surface area contributed by atoms with E-state index >= 15 is 0 Å². The molecule has 0 saturated carbocycles. The molecule has 3 rings (SSSR count). The summed E-state index contributed by atoms with van der Waals surface area (Å²) in [5, 5.41) is 34.0. The smallest absolute Gasteiger partial charge is 0.410 e. The Labute approximate surface area is 243 Å². The highest BCUT2D eigenvalue weighted by atomic mass is 16.6. The molecule has 10 nitrogen and oxygen atoms in total. The molecule has 2 aliphatic heterocycles. The fourth-order valence-electron chi connectivity index (χ4n) is 4.92. The molecule has 41 heavy (non-hydrogen) atoms. The molecule has 0 spiro atoms. The van der Waals surface area contributed by atoms with Gasteiger partial charge < -0.3 is 29.5 Å². The number of quaternary nitrogens is 1. The lowest BCUT2D eigenvalue weighted by Crippen LogP contribution is -2.56. The summed E-state index contributed by atoms with van der Waals surface area (Å²) in [7, 11) is 1.58. The lowest BCUT2D eigenvalue weighted by Gasteiger charge is -2.45. The van der Waals surface area contributed by atoms with Crippen molar-refractivity contribution in [3.63, 3.8) is 0 Å². The van der Waals surface area contributed by atoms with Crippen LogP contribution in [0.4, 0.5) is 4.79 Å². The Bertz CT molecular complexity index is 1110. The third-order valence-electron chi connectivity index (χ3n) is 7.86. The maximum Gasteiger partial charge on any atom is 0.410 e. The largest absolute Gasteiger partial charge is 0.633 e. The van der Waals surface area contributed by atoms with Gasteiger partial charge in [0.1, 0.15) is 11.7 Å². The van der Waals surface area contributed by atoms with Gasteiger partial charge in [-0.15, -0.1) is 0 Å². The number of carbonyl (C=O) groups is 2. The van der Waals surface area contributed by atoms with Gasteiger partial charge in [0.05, 0.1) is 45.8 Å². The number of ether oxygens (including phenoxy) is 2. The number of likely N-dealkylation sites (N-methyl/N-ethyl adjacent to an activating group) is 1. The molecular weight excluding hydrogens is 526 g/mol. The van der Waals surface area contributed by atoms with E-state index < -0.39 is 40.6 Å². The van der Waals surface area contributed by atoms with Gasteiger partial charge in [0.15, 0.2) is 6.10 Å². The number of aliphatic hydroxyl groups excluding tert-OH is 1. The lowest BCUT2D eigenvalue weighted by molar-refractivity contribution is -0.864. The van der Waals surface area contributed by atoms with Gasteiger partial charge >= 0.3 is 12.1 Å². The summed E-state index contributed by atoms with van der Waals surface area (Å²) < 4.78 is 11.2. The maximum atomic E-state index is 13.0. The average molecular weight is 572 g/mol. The Hall–Kier alpha value is -3.05. The van der Waals surface area contributed by atoms with E-state index in [0.717, 1.165) is 11.3 Å². The molecule has 10 heteroatoms. The highest BCUT2D eigenvalue weighted by molar-refractivity contribution is 5.70. The number of hydrogen-bond donors (Lipinski definition) is 2. The molecule has 2 aliphatic rings. The van der Waals surface area contributed by atoms with Crippen molar-refractivity contribution in [2.75, 3.05) is 33.2 Å². The Morgan fingerprint density at radius 1 is 1.32 bits per heavy atom. The molecule has 0 bridgehead atoms. The molecule has 1 amide bonds. The monoisotopic (exact) mass is 571 g/mol. The Kier molecular flexibility index (Phi) is 11.3. The highest BCUT2D eigenvalue weighted by Crippen LogP contribution is 2.27. The van der Waals surface area contributed by atoms with E-state index in [1.807, 2.05) is 57.2 Å². The Morgan fingerprint density at radius 2 is 2.02 bits per heavy atom. The maximum absolute atomic E-state index is 13.0. The minimum atomic E-state index is -1.50. The van der Waals surface area contributed by atoms with Crippen LogP contribution in [0.3, 0.4) is 0 Å². The van der Waals surface area contributed by atoms with Crippen LogP contribution in [0.25, 0.3) is 0 Å². The first kappa shape index (κ1) is 32.5. The SMILES string of the molecule is C/C(=C\C=C\[C@H](C)c1ccccn1)[C@H]1OC(=O)C[C@@H](O)CC[C@](C)(O)[C@@H](OC(=O)N2CC[N+](C)([O-])CC2)/C=C/[C@@H]1C. The first-order chi connectivity index (χ1) is 19.3.